The van der Waals surface area contributed by atoms with Gasteiger partial charge in [-0.2, -0.15) is 0 Å². The van der Waals surface area contributed by atoms with Gasteiger partial charge in [0.1, 0.15) is 21.5 Å². The zero-order chi connectivity index (χ0) is 12.3. The first kappa shape index (κ1) is 12.3. The van der Waals surface area contributed by atoms with Crippen molar-refractivity contribution < 1.29 is 12.8 Å². The topological polar surface area (TPSA) is 59.3 Å². The number of hydrogen-bond acceptors (Lipinski definition) is 5. The second-order valence-corrected chi connectivity index (χ2v) is 6.75. The lowest BCUT2D eigenvalue weighted by molar-refractivity contribution is 0.465. The molecular weight excluding hydrogens is 258 g/mol. The van der Waals surface area contributed by atoms with Gasteiger partial charge in [0.05, 0.1) is 6.54 Å². The van der Waals surface area contributed by atoms with Crippen LogP contribution in [0.25, 0.3) is 0 Å². The van der Waals surface area contributed by atoms with Crippen LogP contribution in [-0.4, -0.2) is 15.5 Å². The van der Waals surface area contributed by atoms with E-state index < -0.39 is 9.84 Å². The molecule has 0 aliphatic carbocycles. The van der Waals surface area contributed by atoms with Crippen molar-refractivity contribution in [1.82, 2.24) is 5.32 Å². The van der Waals surface area contributed by atoms with E-state index >= 15 is 0 Å². The minimum Gasteiger partial charge on any atom is -0.464 e. The summed E-state index contributed by atoms with van der Waals surface area (Å²) in [5, 5.41) is 4.70. The van der Waals surface area contributed by atoms with Gasteiger partial charge in [-0.3, -0.25) is 0 Å². The minimum atomic E-state index is -3.27. The smallest absolute Gasteiger partial charge is 0.194 e. The molecule has 0 amide bonds. The molecule has 1 N–H and O–H groups in total. The van der Waals surface area contributed by atoms with Gasteiger partial charge in [0, 0.05) is 0 Å². The summed E-state index contributed by atoms with van der Waals surface area (Å²) in [5.41, 5.74) is 0. The Kier molecular flexibility index (Phi) is 3.66. The molecule has 0 saturated heterocycles. The van der Waals surface area contributed by atoms with Crippen LogP contribution in [0, 0.1) is 0 Å². The third kappa shape index (κ3) is 2.96. The second kappa shape index (κ2) is 5.03. The first-order valence-electron chi connectivity index (χ1n) is 5.10. The molecule has 0 atom stereocenters. The van der Waals surface area contributed by atoms with Crippen LogP contribution >= 0.6 is 11.3 Å². The maximum Gasteiger partial charge on any atom is 0.194 e. The Labute approximate surface area is 104 Å². The molecule has 2 aromatic rings. The van der Waals surface area contributed by atoms with Gasteiger partial charge >= 0.3 is 0 Å². The Balaban J connectivity index is 2.15. The first-order valence-corrected chi connectivity index (χ1v) is 7.63. The predicted octanol–water partition coefficient (Wildman–Crippen LogP) is 2.03. The molecule has 0 fully saturated rings. The molecule has 0 aliphatic rings. The van der Waals surface area contributed by atoms with Gasteiger partial charge in [0.15, 0.2) is 9.84 Å². The predicted molar refractivity (Wildman–Crippen MR) is 66.7 cm³/mol. The molecule has 0 unspecified atom stereocenters. The maximum absolute atomic E-state index is 12.0. The number of thiophene rings is 1. The van der Waals surface area contributed by atoms with Crippen molar-refractivity contribution in [3.8, 4) is 0 Å². The SMILES string of the molecule is CNCc1ccc(CS(=O)(=O)c2cccs2)o1. The van der Waals surface area contributed by atoms with E-state index in [0.717, 1.165) is 5.76 Å². The maximum atomic E-state index is 12.0. The molecular formula is C11H13NO3S2. The fourth-order valence-electron chi connectivity index (χ4n) is 1.47. The van der Waals surface area contributed by atoms with Gasteiger partial charge in [0.25, 0.3) is 0 Å². The Morgan fingerprint density at radius 1 is 1.29 bits per heavy atom. The zero-order valence-corrected chi connectivity index (χ0v) is 11.0. The number of rotatable bonds is 5. The fourth-order valence-corrected chi connectivity index (χ4v) is 3.80. The average molecular weight is 271 g/mol. The summed E-state index contributed by atoms with van der Waals surface area (Å²) in [7, 11) is -1.46. The standard InChI is InChI=1S/C11H13NO3S2/c1-12-7-9-4-5-10(15-9)8-17(13,14)11-3-2-6-16-11/h2-6,12H,7-8H2,1H3. The summed E-state index contributed by atoms with van der Waals surface area (Å²) in [6, 6.07) is 6.83. The molecule has 0 aliphatic heterocycles. The molecule has 6 heteroatoms. The third-order valence-corrected chi connectivity index (χ3v) is 5.33. The molecule has 92 valence electrons. The van der Waals surface area contributed by atoms with E-state index in [9.17, 15) is 8.42 Å². The van der Waals surface area contributed by atoms with E-state index in [-0.39, 0.29) is 5.75 Å². The molecule has 0 spiro atoms. The van der Waals surface area contributed by atoms with E-state index in [1.807, 2.05) is 7.05 Å². The highest BCUT2D eigenvalue weighted by molar-refractivity contribution is 7.92. The van der Waals surface area contributed by atoms with Crippen LogP contribution in [0.4, 0.5) is 0 Å². The number of nitrogens with one attached hydrogen (secondary N) is 1. The van der Waals surface area contributed by atoms with Crippen molar-refractivity contribution in [2.45, 2.75) is 16.5 Å². The highest BCUT2D eigenvalue weighted by Gasteiger charge is 2.18. The zero-order valence-electron chi connectivity index (χ0n) is 9.34. The van der Waals surface area contributed by atoms with Crippen LogP contribution in [0.3, 0.4) is 0 Å². The molecule has 2 heterocycles. The van der Waals surface area contributed by atoms with Crippen molar-refractivity contribution in [3.63, 3.8) is 0 Å². The number of furan rings is 1. The van der Waals surface area contributed by atoms with Crippen LogP contribution < -0.4 is 5.32 Å². The third-order valence-electron chi connectivity index (χ3n) is 2.20. The Hall–Kier alpha value is -1.11. The van der Waals surface area contributed by atoms with E-state index in [2.05, 4.69) is 5.32 Å². The van der Waals surface area contributed by atoms with Gasteiger partial charge in [0.2, 0.25) is 0 Å². The highest BCUT2D eigenvalue weighted by Crippen LogP contribution is 2.22. The minimum absolute atomic E-state index is 0.0861. The van der Waals surface area contributed by atoms with E-state index in [0.29, 0.717) is 16.5 Å². The lowest BCUT2D eigenvalue weighted by atomic mass is 10.4. The van der Waals surface area contributed by atoms with Crippen LogP contribution in [-0.2, 0) is 22.1 Å². The van der Waals surface area contributed by atoms with Crippen LogP contribution in [0.2, 0.25) is 0 Å². The summed E-state index contributed by atoms with van der Waals surface area (Å²) >= 11 is 1.22. The molecule has 0 bridgehead atoms. The van der Waals surface area contributed by atoms with Crippen molar-refractivity contribution in [2.24, 2.45) is 0 Å². The van der Waals surface area contributed by atoms with Crippen molar-refractivity contribution in [2.75, 3.05) is 7.05 Å². The van der Waals surface area contributed by atoms with Crippen molar-refractivity contribution in [3.05, 3.63) is 41.2 Å². The van der Waals surface area contributed by atoms with Crippen molar-refractivity contribution >= 4 is 21.2 Å². The number of hydrogen-bond donors (Lipinski definition) is 1. The van der Waals surface area contributed by atoms with Gasteiger partial charge in [-0.25, -0.2) is 8.42 Å². The quantitative estimate of drug-likeness (QED) is 0.904. The van der Waals surface area contributed by atoms with Gasteiger partial charge in [-0.1, -0.05) is 6.07 Å². The molecule has 4 nitrogen and oxygen atoms in total. The van der Waals surface area contributed by atoms with Crippen LogP contribution in [0.5, 0.6) is 0 Å². The molecule has 0 radical (unpaired) electrons. The Morgan fingerprint density at radius 3 is 2.71 bits per heavy atom. The Bertz CT molecular complexity index is 570. The highest BCUT2D eigenvalue weighted by atomic mass is 32.2. The summed E-state index contributed by atoms with van der Waals surface area (Å²) in [5.74, 6) is 1.13. The van der Waals surface area contributed by atoms with E-state index in [4.69, 9.17) is 4.42 Å². The van der Waals surface area contributed by atoms with Gasteiger partial charge in [-0.15, -0.1) is 11.3 Å². The van der Waals surface area contributed by atoms with Crippen LogP contribution in [0.15, 0.2) is 38.3 Å². The molecule has 2 rings (SSSR count). The lowest BCUT2D eigenvalue weighted by Gasteiger charge is -1.99. The largest absolute Gasteiger partial charge is 0.464 e. The summed E-state index contributed by atoms with van der Waals surface area (Å²) in [6.45, 7) is 0.596. The van der Waals surface area contributed by atoms with Crippen molar-refractivity contribution in [1.29, 1.82) is 0 Å². The van der Waals surface area contributed by atoms with Gasteiger partial charge in [-0.05, 0) is 30.6 Å². The lowest BCUT2D eigenvalue weighted by Crippen LogP contribution is -2.04. The first-order chi connectivity index (χ1) is 8.12. The summed E-state index contributed by atoms with van der Waals surface area (Å²) in [4.78, 5) is 0. The number of sulfone groups is 1. The van der Waals surface area contributed by atoms with Gasteiger partial charge < -0.3 is 9.73 Å². The summed E-state index contributed by atoms with van der Waals surface area (Å²) < 4.78 is 29.7. The Morgan fingerprint density at radius 2 is 2.06 bits per heavy atom. The molecule has 0 aromatic carbocycles. The normalized spacial score (nSPS) is 11.8. The van der Waals surface area contributed by atoms with Crippen LogP contribution in [0.1, 0.15) is 11.5 Å². The summed E-state index contributed by atoms with van der Waals surface area (Å²) in [6.07, 6.45) is 0. The fraction of sp³-hybridized carbons (Fsp3) is 0.273. The monoisotopic (exact) mass is 271 g/mol. The molecule has 17 heavy (non-hydrogen) atoms. The molecule has 2 aromatic heterocycles. The average Bonchev–Trinajstić information content (AvgIpc) is 2.88. The van der Waals surface area contributed by atoms with E-state index in [1.165, 1.54) is 11.3 Å². The second-order valence-electron chi connectivity index (χ2n) is 3.59. The van der Waals surface area contributed by atoms with E-state index in [1.54, 1.807) is 29.6 Å². The molecule has 0 saturated carbocycles.